The number of phenolic OH excluding ortho intramolecular Hbond substituents is 1. The number of carbonyl (C=O) groups excluding carboxylic acids is 2. The minimum Gasteiger partial charge on any atom is -0.506 e. The van der Waals surface area contributed by atoms with Gasteiger partial charge in [0.05, 0.1) is 18.0 Å². The molecule has 0 fully saturated rings. The van der Waals surface area contributed by atoms with E-state index in [1.54, 1.807) is 31.2 Å². The summed E-state index contributed by atoms with van der Waals surface area (Å²) < 4.78 is 5.48. The number of phenols is 1. The van der Waals surface area contributed by atoms with Crippen LogP contribution < -0.4 is 15.0 Å². The Morgan fingerprint density at radius 2 is 1.85 bits per heavy atom. The second-order valence-corrected chi connectivity index (χ2v) is 6.14. The summed E-state index contributed by atoms with van der Waals surface area (Å²) in [6, 6.07) is 10.9. The number of imide groups is 1. The van der Waals surface area contributed by atoms with Crippen LogP contribution in [-0.4, -0.2) is 23.5 Å². The highest BCUT2D eigenvalue weighted by molar-refractivity contribution is 6.53. The van der Waals surface area contributed by atoms with Crippen molar-refractivity contribution in [3.8, 4) is 11.5 Å². The lowest BCUT2D eigenvalue weighted by molar-refractivity contribution is -0.120. The third-order valence-corrected chi connectivity index (χ3v) is 4.24. The molecule has 1 aliphatic heterocycles. The van der Waals surface area contributed by atoms with Gasteiger partial charge in [-0.05, 0) is 37.3 Å². The molecule has 0 aromatic heterocycles. The molecule has 1 heterocycles. The van der Waals surface area contributed by atoms with Crippen molar-refractivity contribution in [2.75, 3.05) is 16.8 Å². The van der Waals surface area contributed by atoms with Gasteiger partial charge in [-0.15, -0.1) is 0 Å². The molecule has 0 bridgehead atoms. The zero-order chi connectivity index (χ0) is 18.8. The van der Waals surface area contributed by atoms with Crippen LogP contribution in [0.3, 0.4) is 0 Å². The van der Waals surface area contributed by atoms with Gasteiger partial charge in [0.1, 0.15) is 22.2 Å². The van der Waals surface area contributed by atoms with Gasteiger partial charge < -0.3 is 15.2 Å². The van der Waals surface area contributed by atoms with Crippen LogP contribution in [0.1, 0.15) is 6.92 Å². The quantitative estimate of drug-likeness (QED) is 0.596. The number of benzene rings is 2. The number of carbonyl (C=O) groups is 2. The zero-order valence-corrected chi connectivity index (χ0v) is 15.1. The van der Waals surface area contributed by atoms with Crippen LogP contribution in [0, 0.1) is 0 Å². The summed E-state index contributed by atoms with van der Waals surface area (Å²) in [6.45, 7) is 2.17. The molecule has 0 radical (unpaired) electrons. The smallest absolute Gasteiger partial charge is 0.283 e. The first-order valence-corrected chi connectivity index (χ1v) is 8.45. The molecular weight excluding hydrogens is 379 g/mol. The molecule has 6 nitrogen and oxygen atoms in total. The Balaban J connectivity index is 1.97. The molecule has 8 heteroatoms. The van der Waals surface area contributed by atoms with E-state index in [1.807, 2.05) is 0 Å². The van der Waals surface area contributed by atoms with Crippen molar-refractivity contribution >= 4 is 46.4 Å². The molecular formula is C18H14Cl2N2O4. The molecule has 0 saturated heterocycles. The summed E-state index contributed by atoms with van der Waals surface area (Å²) in [5, 5.41) is 12.7. The van der Waals surface area contributed by atoms with E-state index in [4.69, 9.17) is 27.9 Å². The monoisotopic (exact) mass is 392 g/mol. The number of hydrogen-bond donors (Lipinski definition) is 2. The van der Waals surface area contributed by atoms with Gasteiger partial charge in [-0.25, -0.2) is 4.90 Å². The van der Waals surface area contributed by atoms with E-state index in [0.29, 0.717) is 17.4 Å². The summed E-state index contributed by atoms with van der Waals surface area (Å²) >= 11 is 12.0. The van der Waals surface area contributed by atoms with Gasteiger partial charge in [0, 0.05) is 5.02 Å². The van der Waals surface area contributed by atoms with Crippen molar-refractivity contribution in [2.45, 2.75) is 6.92 Å². The Morgan fingerprint density at radius 3 is 2.58 bits per heavy atom. The number of amides is 2. The summed E-state index contributed by atoms with van der Waals surface area (Å²) in [4.78, 5) is 26.3. The van der Waals surface area contributed by atoms with E-state index in [9.17, 15) is 14.7 Å². The van der Waals surface area contributed by atoms with Crippen LogP contribution in [0.5, 0.6) is 11.5 Å². The average molecular weight is 393 g/mol. The van der Waals surface area contributed by atoms with E-state index in [0.717, 1.165) is 4.90 Å². The van der Waals surface area contributed by atoms with Gasteiger partial charge in [0.25, 0.3) is 11.8 Å². The number of aromatic hydroxyl groups is 1. The lowest BCUT2D eigenvalue weighted by atomic mass is 10.2. The SMILES string of the molecule is CCOc1ccccc1N1C(=O)C(Cl)=C(Nc2cc(Cl)ccc2O)C1=O. The van der Waals surface area contributed by atoms with Crippen molar-refractivity contribution in [1.82, 2.24) is 0 Å². The number of rotatable bonds is 5. The number of hydrogen-bond acceptors (Lipinski definition) is 5. The van der Waals surface area contributed by atoms with Crippen LogP contribution >= 0.6 is 23.2 Å². The molecule has 0 unspecified atom stereocenters. The van der Waals surface area contributed by atoms with Crippen molar-refractivity contribution in [3.63, 3.8) is 0 Å². The minimum atomic E-state index is -0.687. The van der Waals surface area contributed by atoms with Gasteiger partial charge in [-0.2, -0.15) is 0 Å². The van der Waals surface area contributed by atoms with E-state index >= 15 is 0 Å². The van der Waals surface area contributed by atoms with E-state index in [-0.39, 0.29) is 27.9 Å². The second kappa shape index (κ2) is 7.27. The van der Waals surface area contributed by atoms with Crippen LogP contribution in [0.15, 0.2) is 53.2 Å². The predicted molar refractivity (Wildman–Crippen MR) is 99.7 cm³/mol. The molecule has 0 spiro atoms. The molecule has 0 saturated carbocycles. The van der Waals surface area contributed by atoms with Crippen molar-refractivity contribution < 1.29 is 19.4 Å². The Hall–Kier alpha value is -2.70. The standard InChI is InChI=1S/C18H14Cl2N2O4/c1-2-26-14-6-4-3-5-12(14)22-17(24)15(20)16(18(22)25)21-11-9-10(19)7-8-13(11)23/h3-9,21,23H,2H2,1H3. The molecule has 0 aliphatic carbocycles. The highest BCUT2D eigenvalue weighted by atomic mass is 35.5. The fraction of sp³-hybridized carbons (Fsp3) is 0.111. The Bertz CT molecular complexity index is 927. The Morgan fingerprint density at radius 1 is 1.12 bits per heavy atom. The lowest BCUT2D eigenvalue weighted by Crippen LogP contribution is -2.32. The highest BCUT2D eigenvalue weighted by Crippen LogP contribution is 2.37. The number of nitrogens with one attached hydrogen (secondary N) is 1. The summed E-state index contributed by atoms with van der Waals surface area (Å²) in [7, 11) is 0. The molecule has 134 valence electrons. The molecule has 2 N–H and O–H groups in total. The van der Waals surface area contributed by atoms with E-state index in [1.165, 1.54) is 18.2 Å². The fourth-order valence-electron chi connectivity index (χ4n) is 2.49. The first-order valence-electron chi connectivity index (χ1n) is 7.70. The molecule has 0 atom stereocenters. The number of para-hydroxylation sites is 2. The van der Waals surface area contributed by atoms with E-state index < -0.39 is 11.8 Å². The maximum Gasteiger partial charge on any atom is 0.283 e. The number of ether oxygens (including phenoxy) is 1. The van der Waals surface area contributed by atoms with Gasteiger partial charge >= 0.3 is 0 Å². The predicted octanol–water partition coefficient (Wildman–Crippen LogP) is 3.88. The van der Waals surface area contributed by atoms with Crippen LogP contribution in [0.2, 0.25) is 5.02 Å². The van der Waals surface area contributed by atoms with Crippen LogP contribution in [0.4, 0.5) is 11.4 Å². The lowest BCUT2D eigenvalue weighted by Gasteiger charge is -2.18. The van der Waals surface area contributed by atoms with Crippen molar-refractivity contribution in [3.05, 3.63) is 58.2 Å². The zero-order valence-electron chi connectivity index (χ0n) is 13.6. The van der Waals surface area contributed by atoms with Gasteiger partial charge in [0.15, 0.2) is 0 Å². The fourth-order valence-corrected chi connectivity index (χ4v) is 2.88. The molecule has 2 aromatic carbocycles. The highest BCUT2D eigenvalue weighted by Gasteiger charge is 2.40. The van der Waals surface area contributed by atoms with Crippen molar-refractivity contribution in [1.29, 1.82) is 0 Å². The molecule has 1 aliphatic rings. The Labute approximate surface area is 159 Å². The second-order valence-electron chi connectivity index (χ2n) is 5.32. The first-order chi connectivity index (χ1) is 12.4. The largest absolute Gasteiger partial charge is 0.506 e. The first kappa shape index (κ1) is 18.1. The topological polar surface area (TPSA) is 78.9 Å². The number of nitrogens with zero attached hydrogens (tertiary/aromatic N) is 1. The maximum absolute atomic E-state index is 12.8. The van der Waals surface area contributed by atoms with Gasteiger partial charge in [-0.1, -0.05) is 35.3 Å². The molecule has 3 rings (SSSR count). The summed E-state index contributed by atoms with van der Waals surface area (Å²) in [6.07, 6.45) is 0. The molecule has 2 amide bonds. The molecule has 2 aromatic rings. The van der Waals surface area contributed by atoms with Crippen LogP contribution in [-0.2, 0) is 9.59 Å². The number of halogens is 2. The molecule has 26 heavy (non-hydrogen) atoms. The summed E-state index contributed by atoms with van der Waals surface area (Å²) in [5.41, 5.74) is 0.293. The average Bonchev–Trinajstić information content (AvgIpc) is 2.82. The summed E-state index contributed by atoms with van der Waals surface area (Å²) in [5.74, 6) is -1.10. The van der Waals surface area contributed by atoms with E-state index in [2.05, 4.69) is 5.32 Å². The maximum atomic E-state index is 12.8. The van der Waals surface area contributed by atoms with Gasteiger partial charge in [-0.3, -0.25) is 9.59 Å². The van der Waals surface area contributed by atoms with Crippen LogP contribution in [0.25, 0.3) is 0 Å². The third-order valence-electron chi connectivity index (χ3n) is 3.65. The Kier molecular flexibility index (Phi) is 5.06. The third kappa shape index (κ3) is 3.21. The number of anilines is 2. The van der Waals surface area contributed by atoms with Gasteiger partial charge in [0.2, 0.25) is 0 Å². The minimum absolute atomic E-state index is 0.139. The van der Waals surface area contributed by atoms with Crippen molar-refractivity contribution in [2.24, 2.45) is 0 Å². The normalized spacial score (nSPS) is 14.2.